The van der Waals surface area contributed by atoms with Crippen LogP contribution >= 0.6 is 0 Å². The summed E-state index contributed by atoms with van der Waals surface area (Å²) in [4.78, 5) is 0.298. The van der Waals surface area contributed by atoms with Crippen LogP contribution in [0, 0.1) is 0 Å². The Labute approximate surface area is 108 Å². The van der Waals surface area contributed by atoms with Crippen LogP contribution in [-0.4, -0.2) is 48.7 Å². The maximum Gasteiger partial charge on any atom is 0.246 e. The Kier molecular flexibility index (Phi) is 4.04. The molecule has 1 unspecified atom stereocenters. The van der Waals surface area contributed by atoms with Crippen LogP contribution in [-0.2, 0) is 16.6 Å². The van der Waals surface area contributed by atoms with Crippen molar-refractivity contribution in [3.05, 3.63) is 12.4 Å². The molecule has 1 saturated heterocycles. The van der Waals surface area contributed by atoms with Crippen molar-refractivity contribution in [2.45, 2.75) is 37.2 Å². The minimum absolute atomic E-state index is 0.0932. The number of hydrogen-bond acceptors (Lipinski definition) is 4. The SMILES string of the molecule is CNCCn1cc(S(=O)(=O)N2CCCC2C)cn1. The van der Waals surface area contributed by atoms with E-state index in [0.29, 0.717) is 18.0 Å². The summed E-state index contributed by atoms with van der Waals surface area (Å²) in [6, 6.07) is 0.0932. The summed E-state index contributed by atoms with van der Waals surface area (Å²) in [7, 11) is -1.51. The Morgan fingerprint density at radius 1 is 1.56 bits per heavy atom. The van der Waals surface area contributed by atoms with E-state index in [0.717, 1.165) is 19.4 Å². The first-order valence-corrected chi connectivity index (χ1v) is 7.68. The zero-order valence-corrected chi connectivity index (χ0v) is 11.7. The van der Waals surface area contributed by atoms with Crippen molar-refractivity contribution in [2.24, 2.45) is 0 Å². The van der Waals surface area contributed by atoms with Gasteiger partial charge in [0.25, 0.3) is 0 Å². The second-order valence-corrected chi connectivity index (χ2v) is 6.54. The Morgan fingerprint density at radius 3 is 2.94 bits per heavy atom. The van der Waals surface area contributed by atoms with Gasteiger partial charge in [-0.2, -0.15) is 9.40 Å². The van der Waals surface area contributed by atoms with Crippen LogP contribution in [0.1, 0.15) is 19.8 Å². The smallest absolute Gasteiger partial charge is 0.246 e. The third-order valence-electron chi connectivity index (χ3n) is 3.30. The lowest BCUT2D eigenvalue weighted by Crippen LogP contribution is -2.33. The first-order valence-electron chi connectivity index (χ1n) is 6.24. The van der Waals surface area contributed by atoms with Gasteiger partial charge >= 0.3 is 0 Å². The molecule has 1 atom stereocenters. The van der Waals surface area contributed by atoms with E-state index in [1.807, 2.05) is 14.0 Å². The summed E-state index contributed by atoms with van der Waals surface area (Å²) >= 11 is 0. The predicted molar refractivity (Wildman–Crippen MR) is 68.7 cm³/mol. The molecule has 0 bridgehead atoms. The van der Waals surface area contributed by atoms with Crippen LogP contribution in [0.2, 0.25) is 0 Å². The second kappa shape index (κ2) is 5.38. The first-order chi connectivity index (χ1) is 8.55. The summed E-state index contributed by atoms with van der Waals surface area (Å²) in [5.41, 5.74) is 0. The highest BCUT2D eigenvalue weighted by Crippen LogP contribution is 2.25. The molecule has 0 spiro atoms. The van der Waals surface area contributed by atoms with Gasteiger partial charge in [0.15, 0.2) is 0 Å². The lowest BCUT2D eigenvalue weighted by atomic mass is 10.3. The highest BCUT2D eigenvalue weighted by atomic mass is 32.2. The Bertz CT molecular complexity index is 497. The van der Waals surface area contributed by atoms with Gasteiger partial charge in [0.05, 0.1) is 12.7 Å². The molecule has 102 valence electrons. The molecule has 1 N–H and O–H groups in total. The van der Waals surface area contributed by atoms with Crippen LogP contribution in [0.15, 0.2) is 17.3 Å². The van der Waals surface area contributed by atoms with Crippen molar-refractivity contribution >= 4 is 10.0 Å². The summed E-state index contributed by atoms with van der Waals surface area (Å²) in [6.45, 7) is 4.00. The molecule has 2 heterocycles. The molecule has 1 fully saturated rings. The van der Waals surface area contributed by atoms with E-state index in [1.54, 1.807) is 15.2 Å². The van der Waals surface area contributed by atoms with E-state index >= 15 is 0 Å². The molecule has 1 aliphatic rings. The maximum atomic E-state index is 12.4. The molecule has 7 heteroatoms. The van der Waals surface area contributed by atoms with E-state index in [1.165, 1.54) is 6.20 Å². The lowest BCUT2D eigenvalue weighted by Gasteiger charge is -2.19. The van der Waals surface area contributed by atoms with Gasteiger partial charge in [0.1, 0.15) is 4.90 Å². The van der Waals surface area contributed by atoms with Gasteiger partial charge in [-0.3, -0.25) is 4.68 Å². The number of sulfonamides is 1. The highest BCUT2D eigenvalue weighted by molar-refractivity contribution is 7.89. The first kappa shape index (κ1) is 13.5. The molecule has 0 saturated carbocycles. The van der Waals surface area contributed by atoms with Gasteiger partial charge in [-0.15, -0.1) is 0 Å². The van der Waals surface area contributed by atoms with Crippen LogP contribution in [0.3, 0.4) is 0 Å². The number of nitrogens with zero attached hydrogens (tertiary/aromatic N) is 3. The summed E-state index contributed by atoms with van der Waals surface area (Å²) < 4.78 is 28.0. The van der Waals surface area contributed by atoms with Gasteiger partial charge < -0.3 is 5.32 Å². The van der Waals surface area contributed by atoms with Crippen LogP contribution in [0.4, 0.5) is 0 Å². The Hall–Kier alpha value is -0.920. The zero-order chi connectivity index (χ0) is 13.2. The van der Waals surface area contributed by atoms with E-state index in [-0.39, 0.29) is 6.04 Å². The highest BCUT2D eigenvalue weighted by Gasteiger charge is 2.33. The number of nitrogens with one attached hydrogen (secondary N) is 1. The molecule has 0 aromatic carbocycles. The van der Waals surface area contributed by atoms with Gasteiger partial charge in [0.2, 0.25) is 10.0 Å². The largest absolute Gasteiger partial charge is 0.318 e. The third kappa shape index (κ3) is 2.57. The Morgan fingerprint density at radius 2 is 2.33 bits per heavy atom. The van der Waals surface area contributed by atoms with E-state index < -0.39 is 10.0 Å². The molecule has 1 aromatic rings. The van der Waals surface area contributed by atoms with Gasteiger partial charge in [-0.25, -0.2) is 8.42 Å². The second-order valence-electron chi connectivity index (χ2n) is 4.65. The molecule has 0 aliphatic carbocycles. The van der Waals surface area contributed by atoms with Crippen molar-refractivity contribution < 1.29 is 8.42 Å². The standard InChI is InChI=1S/C11H20N4O2S/c1-10-4-3-6-15(10)18(16,17)11-8-13-14(9-11)7-5-12-2/h8-10,12H,3-7H2,1-2H3. The number of rotatable bonds is 5. The predicted octanol–water partition coefficient (Wildman–Crippen LogP) is 0.275. The number of aromatic nitrogens is 2. The fraction of sp³-hybridized carbons (Fsp3) is 0.727. The molecule has 6 nitrogen and oxygen atoms in total. The van der Waals surface area contributed by atoms with E-state index in [4.69, 9.17) is 0 Å². The lowest BCUT2D eigenvalue weighted by molar-refractivity contribution is 0.408. The minimum atomic E-state index is -3.36. The molecule has 1 aliphatic heterocycles. The average molecular weight is 272 g/mol. The molecular formula is C11H20N4O2S. The molecule has 0 amide bonds. The van der Waals surface area contributed by atoms with Gasteiger partial charge in [-0.1, -0.05) is 0 Å². The fourth-order valence-electron chi connectivity index (χ4n) is 2.23. The van der Waals surface area contributed by atoms with E-state index in [2.05, 4.69) is 10.4 Å². The van der Waals surface area contributed by atoms with Gasteiger partial charge in [0, 0.05) is 25.3 Å². The fourth-order valence-corrected chi connectivity index (χ4v) is 3.88. The van der Waals surface area contributed by atoms with Crippen molar-refractivity contribution in [3.8, 4) is 0 Å². The van der Waals surface area contributed by atoms with Crippen LogP contribution in [0.5, 0.6) is 0 Å². The molecule has 2 rings (SSSR count). The van der Waals surface area contributed by atoms with Crippen LogP contribution < -0.4 is 5.32 Å². The summed E-state index contributed by atoms with van der Waals surface area (Å²) in [6.07, 6.45) is 4.93. The molecule has 18 heavy (non-hydrogen) atoms. The average Bonchev–Trinajstić information content (AvgIpc) is 2.95. The quantitative estimate of drug-likeness (QED) is 0.836. The minimum Gasteiger partial charge on any atom is -0.318 e. The molecule has 1 aromatic heterocycles. The normalized spacial score (nSPS) is 21.6. The van der Waals surface area contributed by atoms with E-state index in [9.17, 15) is 8.42 Å². The zero-order valence-electron chi connectivity index (χ0n) is 10.8. The van der Waals surface area contributed by atoms with Crippen molar-refractivity contribution in [1.29, 1.82) is 0 Å². The maximum absolute atomic E-state index is 12.4. The van der Waals surface area contributed by atoms with Crippen LogP contribution in [0.25, 0.3) is 0 Å². The Balaban J connectivity index is 2.17. The monoisotopic (exact) mass is 272 g/mol. The summed E-state index contributed by atoms with van der Waals surface area (Å²) in [5.74, 6) is 0. The van der Waals surface area contributed by atoms with Crippen molar-refractivity contribution in [3.63, 3.8) is 0 Å². The number of likely N-dealkylation sites (N-methyl/N-ethyl adjacent to an activating group) is 1. The number of hydrogen-bond donors (Lipinski definition) is 1. The topological polar surface area (TPSA) is 67.2 Å². The van der Waals surface area contributed by atoms with Crippen molar-refractivity contribution in [1.82, 2.24) is 19.4 Å². The molecule has 0 radical (unpaired) electrons. The third-order valence-corrected chi connectivity index (χ3v) is 5.27. The summed E-state index contributed by atoms with van der Waals surface area (Å²) in [5, 5.41) is 7.09. The van der Waals surface area contributed by atoms with Gasteiger partial charge in [-0.05, 0) is 26.8 Å². The van der Waals surface area contributed by atoms with Crippen molar-refractivity contribution in [2.75, 3.05) is 20.1 Å². The molecular weight excluding hydrogens is 252 g/mol.